The van der Waals surface area contributed by atoms with Gasteiger partial charge in [-0.25, -0.2) is 13.4 Å². The van der Waals surface area contributed by atoms with Gasteiger partial charge >= 0.3 is 6.18 Å². The van der Waals surface area contributed by atoms with Crippen LogP contribution < -0.4 is 9.62 Å². The van der Waals surface area contributed by atoms with E-state index in [1.54, 1.807) is 54.5 Å². The molecule has 0 saturated carbocycles. The number of anilines is 1. The van der Waals surface area contributed by atoms with Gasteiger partial charge in [-0.15, -0.1) is 0 Å². The number of hydrogen-bond donors (Lipinski definition) is 1. The molecule has 0 bridgehead atoms. The van der Waals surface area contributed by atoms with Crippen molar-refractivity contribution in [3.05, 3.63) is 107 Å². The molecule has 38 heavy (non-hydrogen) atoms. The molecule has 3 aromatic carbocycles. The molecular formula is C26H22ClF3N4O3S. The van der Waals surface area contributed by atoms with Gasteiger partial charge in [0.2, 0.25) is 5.91 Å². The Hall–Kier alpha value is -3.83. The number of rotatable bonds is 8. The summed E-state index contributed by atoms with van der Waals surface area (Å²) in [4.78, 5) is 16.7. The summed E-state index contributed by atoms with van der Waals surface area (Å²) in [5, 5.41) is 2.04. The highest BCUT2D eigenvalue weighted by Crippen LogP contribution is 2.38. The quantitative estimate of drug-likeness (QED) is 0.313. The number of halogens is 4. The Kier molecular flexibility index (Phi) is 7.79. The van der Waals surface area contributed by atoms with Gasteiger partial charge in [0.05, 0.1) is 27.5 Å². The van der Waals surface area contributed by atoms with E-state index in [0.29, 0.717) is 10.4 Å². The number of amides is 1. The molecule has 4 rings (SSSR count). The highest BCUT2D eigenvalue weighted by molar-refractivity contribution is 7.92. The lowest BCUT2D eigenvalue weighted by Gasteiger charge is -2.25. The molecule has 0 spiro atoms. The Morgan fingerprint density at radius 2 is 1.74 bits per heavy atom. The summed E-state index contributed by atoms with van der Waals surface area (Å²) in [5.74, 6) is -0.706. The van der Waals surface area contributed by atoms with Crippen molar-refractivity contribution in [2.75, 3.05) is 10.8 Å². The Bertz CT molecular complexity index is 1520. The third-order valence-corrected chi connectivity index (χ3v) is 7.79. The van der Waals surface area contributed by atoms with Crippen LogP contribution in [0.1, 0.15) is 16.7 Å². The SMILES string of the molecule is Cc1ccc(S(=O)(=O)N(CC(=O)NCc2ccc(-n3ccnc3)cc2)c2ccc(Cl)c(C(F)(F)F)c2)cc1. The van der Waals surface area contributed by atoms with Gasteiger partial charge in [0, 0.05) is 24.6 Å². The van der Waals surface area contributed by atoms with E-state index in [9.17, 15) is 26.4 Å². The summed E-state index contributed by atoms with van der Waals surface area (Å²) in [6, 6.07) is 15.7. The van der Waals surface area contributed by atoms with Crippen LogP contribution in [-0.4, -0.2) is 30.4 Å². The number of hydrogen-bond acceptors (Lipinski definition) is 4. The molecule has 1 aromatic heterocycles. The first-order chi connectivity index (χ1) is 17.9. The molecular weight excluding hydrogens is 541 g/mol. The van der Waals surface area contributed by atoms with E-state index in [2.05, 4.69) is 10.3 Å². The molecule has 0 atom stereocenters. The summed E-state index contributed by atoms with van der Waals surface area (Å²) < 4.78 is 69.9. The van der Waals surface area contributed by atoms with Crippen LogP contribution in [0, 0.1) is 6.92 Å². The van der Waals surface area contributed by atoms with Crippen molar-refractivity contribution >= 4 is 33.2 Å². The van der Waals surface area contributed by atoms with Crippen LogP contribution in [0.15, 0.2) is 90.3 Å². The smallest absolute Gasteiger partial charge is 0.350 e. The highest BCUT2D eigenvalue weighted by Gasteiger charge is 2.35. The zero-order chi connectivity index (χ0) is 27.5. The molecule has 1 N–H and O–H groups in total. The lowest BCUT2D eigenvalue weighted by molar-refractivity contribution is -0.137. The van der Waals surface area contributed by atoms with Crippen molar-refractivity contribution in [2.24, 2.45) is 0 Å². The van der Waals surface area contributed by atoms with Gasteiger partial charge in [0.25, 0.3) is 10.0 Å². The largest absolute Gasteiger partial charge is 0.417 e. The van der Waals surface area contributed by atoms with E-state index in [1.165, 1.54) is 12.1 Å². The van der Waals surface area contributed by atoms with Crippen molar-refractivity contribution in [3.63, 3.8) is 0 Å². The van der Waals surface area contributed by atoms with Crippen molar-refractivity contribution in [3.8, 4) is 5.69 Å². The topological polar surface area (TPSA) is 84.3 Å². The molecule has 4 aromatic rings. The maximum absolute atomic E-state index is 13.5. The first-order valence-corrected chi connectivity index (χ1v) is 13.1. The minimum absolute atomic E-state index is 0.0792. The van der Waals surface area contributed by atoms with E-state index >= 15 is 0 Å². The zero-order valence-corrected chi connectivity index (χ0v) is 21.6. The number of alkyl halides is 3. The predicted octanol–water partition coefficient (Wildman–Crippen LogP) is 5.36. The molecule has 0 fully saturated rings. The molecule has 1 heterocycles. The van der Waals surface area contributed by atoms with Crippen LogP contribution in [0.3, 0.4) is 0 Å². The summed E-state index contributed by atoms with van der Waals surface area (Å²) >= 11 is 5.73. The summed E-state index contributed by atoms with van der Waals surface area (Å²) in [6.07, 6.45) is 0.238. The minimum Gasteiger partial charge on any atom is -0.350 e. The number of nitrogens with zero attached hydrogens (tertiary/aromatic N) is 3. The maximum Gasteiger partial charge on any atom is 0.417 e. The van der Waals surface area contributed by atoms with Crippen molar-refractivity contribution < 1.29 is 26.4 Å². The van der Waals surface area contributed by atoms with E-state index in [1.807, 2.05) is 12.1 Å². The zero-order valence-electron chi connectivity index (χ0n) is 20.0. The molecule has 1 amide bonds. The summed E-state index contributed by atoms with van der Waals surface area (Å²) in [6.45, 7) is 1.09. The number of carbonyl (C=O) groups excluding carboxylic acids is 1. The first kappa shape index (κ1) is 27.2. The first-order valence-electron chi connectivity index (χ1n) is 11.3. The van der Waals surface area contributed by atoms with Gasteiger partial charge in [-0.2, -0.15) is 13.2 Å². The fraction of sp³-hybridized carbons (Fsp3) is 0.154. The standard InChI is InChI=1S/C26H22ClF3N4O3S/c1-18-2-9-22(10-3-18)38(36,37)34(21-8-11-24(27)23(14-21)26(28,29)30)16-25(35)32-15-19-4-6-20(7-5-19)33-13-12-31-17-33/h2-14,17H,15-16H2,1H3,(H,32,35). The fourth-order valence-corrected chi connectivity index (χ4v) is 5.26. The van der Waals surface area contributed by atoms with Crippen LogP contribution in [0.5, 0.6) is 0 Å². The molecule has 0 aliphatic carbocycles. The lowest BCUT2D eigenvalue weighted by atomic mass is 10.2. The molecule has 0 aliphatic heterocycles. The molecule has 0 radical (unpaired) electrons. The third-order valence-electron chi connectivity index (χ3n) is 5.67. The lowest BCUT2D eigenvalue weighted by Crippen LogP contribution is -2.40. The van der Waals surface area contributed by atoms with Crippen LogP contribution >= 0.6 is 11.6 Å². The van der Waals surface area contributed by atoms with E-state index < -0.39 is 39.2 Å². The third kappa shape index (κ3) is 6.17. The Morgan fingerprint density at radius 1 is 1.05 bits per heavy atom. The van der Waals surface area contributed by atoms with E-state index in [-0.39, 0.29) is 17.1 Å². The molecule has 0 aliphatic rings. The maximum atomic E-state index is 13.5. The van der Waals surface area contributed by atoms with Gasteiger partial charge in [-0.1, -0.05) is 41.4 Å². The average Bonchev–Trinajstić information content (AvgIpc) is 3.41. The number of nitrogens with one attached hydrogen (secondary N) is 1. The summed E-state index contributed by atoms with van der Waals surface area (Å²) in [7, 11) is -4.40. The monoisotopic (exact) mass is 562 g/mol. The van der Waals surface area contributed by atoms with Crippen molar-refractivity contribution in [1.82, 2.24) is 14.9 Å². The fourth-order valence-electron chi connectivity index (χ4n) is 3.62. The van der Waals surface area contributed by atoms with Gasteiger partial charge in [-0.3, -0.25) is 9.10 Å². The molecule has 7 nitrogen and oxygen atoms in total. The molecule has 0 unspecified atom stereocenters. The second-order valence-corrected chi connectivity index (χ2v) is 10.7. The molecule has 0 saturated heterocycles. The van der Waals surface area contributed by atoms with Gasteiger partial charge < -0.3 is 9.88 Å². The highest BCUT2D eigenvalue weighted by atomic mass is 35.5. The number of benzene rings is 3. The Morgan fingerprint density at radius 3 is 2.34 bits per heavy atom. The number of imidazole rings is 1. The Labute approximate surface area is 222 Å². The van der Waals surface area contributed by atoms with Crippen LogP contribution in [0.25, 0.3) is 5.69 Å². The predicted molar refractivity (Wildman–Crippen MR) is 138 cm³/mol. The average molecular weight is 563 g/mol. The molecule has 198 valence electrons. The number of carbonyl (C=O) groups is 1. The normalized spacial score (nSPS) is 11.8. The van der Waals surface area contributed by atoms with Crippen molar-refractivity contribution in [1.29, 1.82) is 0 Å². The summed E-state index contributed by atoms with van der Waals surface area (Å²) in [5.41, 5.74) is 0.830. The van der Waals surface area contributed by atoms with Gasteiger partial charge in [-0.05, 0) is 55.0 Å². The van der Waals surface area contributed by atoms with Gasteiger partial charge in [0.15, 0.2) is 0 Å². The van der Waals surface area contributed by atoms with E-state index in [0.717, 1.165) is 28.9 Å². The Balaban J connectivity index is 1.59. The van der Waals surface area contributed by atoms with Crippen LogP contribution in [0.4, 0.5) is 18.9 Å². The van der Waals surface area contributed by atoms with Crippen LogP contribution in [-0.2, 0) is 27.5 Å². The van der Waals surface area contributed by atoms with Crippen molar-refractivity contribution in [2.45, 2.75) is 24.5 Å². The minimum atomic E-state index is -4.82. The van der Waals surface area contributed by atoms with Crippen LogP contribution in [0.2, 0.25) is 5.02 Å². The van der Waals surface area contributed by atoms with Gasteiger partial charge in [0.1, 0.15) is 6.54 Å². The second kappa shape index (κ2) is 10.9. The number of sulfonamides is 1. The molecule has 12 heteroatoms. The van der Waals surface area contributed by atoms with E-state index in [4.69, 9.17) is 11.6 Å². The second-order valence-electron chi connectivity index (χ2n) is 8.40. The number of aryl methyl sites for hydroxylation is 1. The number of aromatic nitrogens is 2.